The molecule has 3 heterocycles. The summed E-state index contributed by atoms with van der Waals surface area (Å²) in [6.45, 7) is 8.65. The van der Waals surface area contributed by atoms with Crippen LogP contribution in [0.3, 0.4) is 0 Å². The molecule has 5 nitrogen and oxygen atoms in total. The van der Waals surface area contributed by atoms with E-state index in [2.05, 4.69) is 21.7 Å². The van der Waals surface area contributed by atoms with E-state index in [1.54, 1.807) is 13.2 Å². The highest BCUT2D eigenvalue weighted by molar-refractivity contribution is 5.74. The van der Waals surface area contributed by atoms with Gasteiger partial charge in [-0.3, -0.25) is 9.69 Å². The van der Waals surface area contributed by atoms with Crippen LogP contribution in [-0.2, 0) is 11.3 Å². The molecule has 2 atom stereocenters. The van der Waals surface area contributed by atoms with Crippen LogP contribution in [0.5, 0.6) is 0 Å². The standard InChI is InChI=1S/C16H25N3O2/c1-12-17-14(11-21-12)10-18-8-5-7-16(3)15(18)6-4-9-19(16)13(2)20/h11,15H,4-10H2,1-3H3/t15-,16+/m1/s1. The lowest BCUT2D eigenvalue weighted by Crippen LogP contribution is -2.66. The lowest BCUT2D eigenvalue weighted by Gasteiger charge is -2.56. The van der Waals surface area contributed by atoms with Crippen molar-refractivity contribution < 1.29 is 9.21 Å². The SMILES string of the molecule is CC(=O)N1CCC[C@H]2N(Cc3coc(C)n3)CCC[C@@]21C. The largest absolute Gasteiger partial charge is 0.449 e. The number of piperidine rings is 2. The Bertz CT molecular complexity index is 527. The fourth-order valence-corrected chi connectivity index (χ4v) is 4.26. The van der Waals surface area contributed by atoms with Gasteiger partial charge in [-0.15, -0.1) is 0 Å². The third kappa shape index (κ3) is 2.59. The molecule has 0 radical (unpaired) electrons. The van der Waals surface area contributed by atoms with Crippen molar-refractivity contribution in [2.45, 2.75) is 64.6 Å². The Balaban J connectivity index is 1.81. The Morgan fingerprint density at radius 1 is 1.48 bits per heavy atom. The van der Waals surface area contributed by atoms with Crippen molar-refractivity contribution in [1.82, 2.24) is 14.8 Å². The maximum Gasteiger partial charge on any atom is 0.219 e. The van der Waals surface area contributed by atoms with Crippen LogP contribution in [0.2, 0.25) is 0 Å². The molecule has 0 saturated carbocycles. The van der Waals surface area contributed by atoms with Gasteiger partial charge in [0.25, 0.3) is 0 Å². The number of nitrogens with zero attached hydrogens (tertiary/aromatic N) is 3. The lowest BCUT2D eigenvalue weighted by molar-refractivity contribution is -0.145. The number of amides is 1. The van der Waals surface area contributed by atoms with Crippen LogP contribution in [0.1, 0.15) is 51.1 Å². The second-order valence-electron chi connectivity index (χ2n) is 6.62. The molecule has 0 aromatic carbocycles. The van der Waals surface area contributed by atoms with Crippen molar-refractivity contribution in [1.29, 1.82) is 0 Å². The van der Waals surface area contributed by atoms with Gasteiger partial charge < -0.3 is 9.32 Å². The smallest absolute Gasteiger partial charge is 0.219 e. The molecule has 116 valence electrons. The number of carbonyl (C=O) groups is 1. The molecule has 2 saturated heterocycles. The van der Waals surface area contributed by atoms with Crippen molar-refractivity contribution >= 4 is 5.91 Å². The van der Waals surface area contributed by atoms with Gasteiger partial charge in [0.2, 0.25) is 5.91 Å². The normalized spacial score (nSPS) is 30.2. The van der Waals surface area contributed by atoms with Gasteiger partial charge in [0.15, 0.2) is 5.89 Å². The average molecular weight is 291 g/mol. The Kier molecular flexibility index (Phi) is 3.78. The Hall–Kier alpha value is -1.36. The summed E-state index contributed by atoms with van der Waals surface area (Å²) in [7, 11) is 0. The summed E-state index contributed by atoms with van der Waals surface area (Å²) in [5.74, 6) is 0.931. The summed E-state index contributed by atoms with van der Waals surface area (Å²) in [5.41, 5.74) is 0.970. The summed E-state index contributed by atoms with van der Waals surface area (Å²) in [6, 6.07) is 0.431. The lowest BCUT2D eigenvalue weighted by atomic mass is 9.76. The first kappa shape index (κ1) is 14.6. The molecule has 2 aliphatic heterocycles. The monoisotopic (exact) mass is 291 g/mol. The first-order valence-corrected chi connectivity index (χ1v) is 7.94. The van der Waals surface area contributed by atoms with E-state index in [4.69, 9.17) is 4.42 Å². The average Bonchev–Trinajstić information content (AvgIpc) is 2.83. The predicted octanol–water partition coefficient (Wildman–Crippen LogP) is 2.35. The van der Waals surface area contributed by atoms with Crippen LogP contribution in [0.4, 0.5) is 0 Å². The molecule has 0 bridgehead atoms. The van der Waals surface area contributed by atoms with Crippen LogP contribution in [0.15, 0.2) is 10.7 Å². The fourth-order valence-electron chi connectivity index (χ4n) is 4.26. The number of likely N-dealkylation sites (tertiary alicyclic amines) is 2. The van der Waals surface area contributed by atoms with Crippen molar-refractivity contribution in [3.63, 3.8) is 0 Å². The van der Waals surface area contributed by atoms with Gasteiger partial charge in [0, 0.05) is 33.0 Å². The zero-order chi connectivity index (χ0) is 15.0. The van der Waals surface area contributed by atoms with Crippen LogP contribution >= 0.6 is 0 Å². The highest BCUT2D eigenvalue weighted by atomic mass is 16.3. The fraction of sp³-hybridized carbons (Fsp3) is 0.750. The molecule has 2 fully saturated rings. The highest BCUT2D eigenvalue weighted by Gasteiger charge is 2.48. The maximum atomic E-state index is 12.0. The summed E-state index contributed by atoms with van der Waals surface area (Å²) in [6.07, 6.45) is 6.25. The van der Waals surface area contributed by atoms with E-state index in [0.29, 0.717) is 6.04 Å². The zero-order valence-electron chi connectivity index (χ0n) is 13.3. The second-order valence-corrected chi connectivity index (χ2v) is 6.62. The van der Waals surface area contributed by atoms with Gasteiger partial charge in [-0.05, 0) is 39.2 Å². The molecule has 0 N–H and O–H groups in total. The first-order chi connectivity index (χ1) is 10.0. The first-order valence-electron chi connectivity index (χ1n) is 7.94. The van der Waals surface area contributed by atoms with Gasteiger partial charge in [0.1, 0.15) is 6.26 Å². The van der Waals surface area contributed by atoms with Crippen molar-refractivity contribution in [3.05, 3.63) is 17.8 Å². The third-order valence-corrected chi connectivity index (χ3v) is 5.17. The summed E-state index contributed by atoms with van der Waals surface area (Å²) in [5, 5.41) is 0. The number of carbonyl (C=O) groups excluding carboxylic acids is 1. The number of oxazole rings is 1. The Morgan fingerprint density at radius 3 is 2.95 bits per heavy atom. The van der Waals surface area contributed by atoms with Gasteiger partial charge in [-0.2, -0.15) is 0 Å². The minimum Gasteiger partial charge on any atom is -0.449 e. The molecule has 3 rings (SSSR count). The maximum absolute atomic E-state index is 12.0. The number of hydrogen-bond donors (Lipinski definition) is 0. The van der Waals surface area contributed by atoms with Crippen molar-refractivity contribution in [2.75, 3.05) is 13.1 Å². The highest BCUT2D eigenvalue weighted by Crippen LogP contribution is 2.39. The van der Waals surface area contributed by atoms with Gasteiger partial charge in [0.05, 0.1) is 11.2 Å². The van der Waals surface area contributed by atoms with E-state index in [0.717, 1.165) is 56.9 Å². The second kappa shape index (κ2) is 5.44. The quantitative estimate of drug-likeness (QED) is 0.839. The van der Waals surface area contributed by atoms with Crippen LogP contribution in [-0.4, -0.2) is 45.4 Å². The van der Waals surface area contributed by atoms with E-state index in [1.807, 2.05) is 6.92 Å². The molecule has 21 heavy (non-hydrogen) atoms. The molecule has 1 aromatic heterocycles. The van der Waals surface area contributed by atoms with Gasteiger partial charge >= 0.3 is 0 Å². The van der Waals surface area contributed by atoms with Crippen molar-refractivity contribution in [3.8, 4) is 0 Å². The number of aromatic nitrogens is 1. The summed E-state index contributed by atoms with van der Waals surface area (Å²) in [4.78, 5) is 21.0. The molecule has 1 amide bonds. The van der Waals surface area contributed by atoms with Crippen LogP contribution < -0.4 is 0 Å². The number of aryl methyl sites for hydroxylation is 1. The summed E-state index contributed by atoms with van der Waals surface area (Å²) >= 11 is 0. The van der Waals surface area contributed by atoms with E-state index in [1.165, 1.54) is 0 Å². The molecule has 0 aliphatic carbocycles. The summed E-state index contributed by atoms with van der Waals surface area (Å²) < 4.78 is 5.32. The molecule has 1 aromatic rings. The van der Waals surface area contributed by atoms with E-state index in [-0.39, 0.29) is 11.4 Å². The minimum absolute atomic E-state index is 0.0267. The molecule has 2 aliphatic rings. The Labute approximate surface area is 126 Å². The molecule has 0 unspecified atom stereocenters. The minimum atomic E-state index is -0.0267. The molecule has 5 heteroatoms. The van der Waals surface area contributed by atoms with Crippen LogP contribution in [0.25, 0.3) is 0 Å². The van der Waals surface area contributed by atoms with Crippen LogP contribution in [0, 0.1) is 6.92 Å². The van der Waals surface area contributed by atoms with E-state index < -0.39 is 0 Å². The predicted molar refractivity (Wildman–Crippen MR) is 79.7 cm³/mol. The number of rotatable bonds is 2. The van der Waals surface area contributed by atoms with E-state index >= 15 is 0 Å². The van der Waals surface area contributed by atoms with E-state index in [9.17, 15) is 4.79 Å². The molecule has 0 spiro atoms. The molecular formula is C16H25N3O2. The zero-order valence-corrected chi connectivity index (χ0v) is 13.3. The third-order valence-electron chi connectivity index (χ3n) is 5.17. The molecular weight excluding hydrogens is 266 g/mol. The number of fused-ring (bicyclic) bond motifs is 1. The topological polar surface area (TPSA) is 49.6 Å². The van der Waals surface area contributed by atoms with Gasteiger partial charge in [-0.25, -0.2) is 4.98 Å². The number of hydrogen-bond acceptors (Lipinski definition) is 4. The van der Waals surface area contributed by atoms with Gasteiger partial charge in [-0.1, -0.05) is 0 Å². The Morgan fingerprint density at radius 2 is 2.29 bits per heavy atom. The van der Waals surface area contributed by atoms with Crippen molar-refractivity contribution in [2.24, 2.45) is 0 Å².